The van der Waals surface area contributed by atoms with Gasteiger partial charge in [-0.2, -0.15) is 0 Å². The summed E-state index contributed by atoms with van der Waals surface area (Å²) in [7, 11) is 0. The lowest BCUT2D eigenvalue weighted by atomic mass is 9.97. The lowest BCUT2D eigenvalue weighted by molar-refractivity contribution is 0.0725. The molecule has 0 fully saturated rings. The van der Waals surface area contributed by atoms with E-state index in [0.717, 1.165) is 28.9 Å². The Morgan fingerprint density at radius 1 is 0.926 bits per heavy atom. The Labute approximate surface area is 160 Å². The zero-order valence-corrected chi connectivity index (χ0v) is 15.5. The number of hydrogen-bond acceptors (Lipinski definition) is 2. The number of fused-ring (bicyclic) bond motifs is 1. The minimum atomic E-state index is 0.0877. The number of hydrogen-bond donors (Lipinski definition) is 0. The van der Waals surface area contributed by atoms with Gasteiger partial charge in [-0.15, -0.1) is 0 Å². The number of aryl methyl sites for hydroxylation is 1. The van der Waals surface area contributed by atoms with Crippen molar-refractivity contribution in [2.45, 2.75) is 26.5 Å². The van der Waals surface area contributed by atoms with Crippen LogP contribution in [-0.4, -0.2) is 17.4 Å². The van der Waals surface area contributed by atoms with Gasteiger partial charge in [0.2, 0.25) is 0 Å². The van der Waals surface area contributed by atoms with Crippen molar-refractivity contribution in [1.29, 1.82) is 0 Å². The first-order valence-electron chi connectivity index (χ1n) is 9.35. The van der Waals surface area contributed by atoms with E-state index in [0.29, 0.717) is 19.7 Å². The summed E-state index contributed by atoms with van der Waals surface area (Å²) in [6.45, 7) is 3.97. The highest BCUT2D eigenvalue weighted by molar-refractivity contribution is 5.97. The third kappa shape index (κ3) is 3.72. The van der Waals surface area contributed by atoms with Crippen molar-refractivity contribution in [3.63, 3.8) is 0 Å². The van der Waals surface area contributed by atoms with Crippen LogP contribution in [0, 0.1) is 6.92 Å². The van der Waals surface area contributed by atoms with Crippen LogP contribution in [0.25, 0.3) is 0 Å². The van der Waals surface area contributed by atoms with E-state index >= 15 is 0 Å². The second-order valence-electron chi connectivity index (χ2n) is 6.96. The van der Waals surface area contributed by atoms with Crippen LogP contribution >= 0.6 is 0 Å². The maximum atomic E-state index is 13.0. The molecule has 1 aliphatic rings. The molecule has 0 bridgehead atoms. The zero-order chi connectivity index (χ0) is 18.6. The van der Waals surface area contributed by atoms with Crippen LogP contribution in [0.2, 0.25) is 0 Å². The first kappa shape index (κ1) is 17.3. The first-order valence-corrected chi connectivity index (χ1v) is 9.35. The standard InChI is InChI=1S/C24H23NO2/c1-18-8-5-6-11-20(18)16-25-15-14-21-22(24(25)26)12-7-13-23(21)27-17-19-9-3-2-4-10-19/h2-13H,14-17H2,1H3. The molecule has 0 unspecified atom stereocenters. The van der Waals surface area contributed by atoms with Gasteiger partial charge in [0.25, 0.3) is 5.91 Å². The molecule has 0 radical (unpaired) electrons. The lowest BCUT2D eigenvalue weighted by Crippen LogP contribution is -2.37. The molecular weight excluding hydrogens is 334 g/mol. The molecule has 1 heterocycles. The van der Waals surface area contributed by atoms with Crippen LogP contribution < -0.4 is 4.74 Å². The van der Waals surface area contributed by atoms with Gasteiger partial charge in [0.15, 0.2) is 0 Å². The molecule has 0 aliphatic carbocycles. The summed E-state index contributed by atoms with van der Waals surface area (Å²) in [5.74, 6) is 0.907. The molecule has 4 rings (SSSR count). The smallest absolute Gasteiger partial charge is 0.254 e. The van der Waals surface area contributed by atoms with Crippen LogP contribution in [0.1, 0.15) is 32.6 Å². The number of ether oxygens (including phenoxy) is 1. The van der Waals surface area contributed by atoms with Crippen molar-refractivity contribution >= 4 is 5.91 Å². The average molecular weight is 357 g/mol. The van der Waals surface area contributed by atoms with Crippen molar-refractivity contribution in [1.82, 2.24) is 4.90 Å². The van der Waals surface area contributed by atoms with Crippen LogP contribution in [0.15, 0.2) is 72.8 Å². The molecule has 3 aromatic rings. The molecule has 3 aromatic carbocycles. The molecule has 3 heteroatoms. The summed E-state index contributed by atoms with van der Waals surface area (Å²) in [5, 5.41) is 0. The van der Waals surface area contributed by atoms with E-state index < -0.39 is 0 Å². The zero-order valence-electron chi connectivity index (χ0n) is 15.5. The normalized spacial score (nSPS) is 13.4. The van der Waals surface area contributed by atoms with E-state index in [1.165, 1.54) is 11.1 Å². The van der Waals surface area contributed by atoms with Crippen LogP contribution in [-0.2, 0) is 19.6 Å². The molecule has 0 atom stereocenters. The predicted octanol–water partition coefficient (Wildman–Crippen LogP) is 4.77. The Morgan fingerprint density at radius 2 is 1.70 bits per heavy atom. The van der Waals surface area contributed by atoms with E-state index in [1.54, 1.807) is 0 Å². The summed E-state index contributed by atoms with van der Waals surface area (Å²) in [5.41, 5.74) is 5.33. The number of benzene rings is 3. The van der Waals surface area contributed by atoms with Crippen LogP contribution in [0.3, 0.4) is 0 Å². The monoisotopic (exact) mass is 357 g/mol. The molecule has 0 saturated carbocycles. The molecule has 0 saturated heterocycles. The Kier molecular flexibility index (Phi) is 4.93. The summed E-state index contributed by atoms with van der Waals surface area (Å²) >= 11 is 0. The summed E-state index contributed by atoms with van der Waals surface area (Å²) in [6.07, 6.45) is 0.817. The van der Waals surface area contributed by atoms with Gasteiger partial charge in [0, 0.05) is 24.2 Å². The average Bonchev–Trinajstić information content (AvgIpc) is 2.71. The highest BCUT2D eigenvalue weighted by Crippen LogP contribution is 2.29. The van der Waals surface area contributed by atoms with Gasteiger partial charge in [-0.3, -0.25) is 4.79 Å². The van der Waals surface area contributed by atoms with Crippen LogP contribution in [0.5, 0.6) is 5.75 Å². The lowest BCUT2D eigenvalue weighted by Gasteiger charge is -2.30. The number of carbonyl (C=O) groups excluding carboxylic acids is 1. The van der Waals surface area contributed by atoms with E-state index in [-0.39, 0.29) is 5.91 Å². The third-order valence-corrected chi connectivity index (χ3v) is 5.14. The van der Waals surface area contributed by atoms with Crippen molar-refractivity contribution in [3.8, 4) is 5.75 Å². The molecule has 1 amide bonds. The maximum absolute atomic E-state index is 13.0. The largest absolute Gasteiger partial charge is 0.489 e. The molecular formula is C24H23NO2. The Hall–Kier alpha value is -3.07. The topological polar surface area (TPSA) is 29.5 Å². The predicted molar refractivity (Wildman–Crippen MR) is 107 cm³/mol. The fourth-order valence-electron chi connectivity index (χ4n) is 3.56. The molecule has 27 heavy (non-hydrogen) atoms. The second-order valence-corrected chi connectivity index (χ2v) is 6.96. The van der Waals surface area contributed by atoms with Gasteiger partial charge in [-0.1, -0.05) is 60.7 Å². The Bertz CT molecular complexity index is 950. The highest BCUT2D eigenvalue weighted by Gasteiger charge is 2.26. The number of amides is 1. The van der Waals surface area contributed by atoms with Crippen molar-refractivity contribution in [3.05, 3.63) is 101 Å². The molecule has 3 nitrogen and oxygen atoms in total. The van der Waals surface area contributed by atoms with Crippen molar-refractivity contribution in [2.75, 3.05) is 6.54 Å². The summed E-state index contributed by atoms with van der Waals surface area (Å²) in [6, 6.07) is 24.1. The number of rotatable bonds is 5. The highest BCUT2D eigenvalue weighted by atomic mass is 16.5. The van der Waals surface area contributed by atoms with Gasteiger partial charge in [0.05, 0.1) is 0 Å². The second kappa shape index (κ2) is 7.67. The van der Waals surface area contributed by atoms with Gasteiger partial charge in [-0.25, -0.2) is 0 Å². The van der Waals surface area contributed by atoms with Gasteiger partial charge in [0.1, 0.15) is 12.4 Å². The fraction of sp³-hybridized carbons (Fsp3) is 0.208. The quantitative estimate of drug-likeness (QED) is 0.658. The summed E-state index contributed by atoms with van der Waals surface area (Å²) in [4.78, 5) is 15.0. The van der Waals surface area contributed by atoms with Crippen molar-refractivity contribution in [2.24, 2.45) is 0 Å². The SMILES string of the molecule is Cc1ccccc1CN1CCc2c(OCc3ccccc3)cccc2C1=O. The molecule has 0 spiro atoms. The first-order chi connectivity index (χ1) is 13.2. The number of carbonyl (C=O) groups is 1. The minimum absolute atomic E-state index is 0.0877. The summed E-state index contributed by atoms with van der Waals surface area (Å²) < 4.78 is 6.04. The Balaban J connectivity index is 1.52. The maximum Gasteiger partial charge on any atom is 0.254 e. The molecule has 0 aromatic heterocycles. The molecule has 0 N–H and O–H groups in total. The molecule has 136 valence electrons. The van der Waals surface area contributed by atoms with E-state index in [9.17, 15) is 4.79 Å². The van der Waals surface area contributed by atoms with Crippen LogP contribution in [0.4, 0.5) is 0 Å². The Morgan fingerprint density at radius 3 is 2.52 bits per heavy atom. The van der Waals surface area contributed by atoms with Gasteiger partial charge >= 0.3 is 0 Å². The van der Waals surface area contributed by atoms with Crippen molar-refractivity contribution < 1.29 is 9.53 Å². The van der Waals surface area contributed by atoms with Gasteiger partial charge in [-0.05, 0) is 42.2 Å². The fourth-order valence-corrected chi connectivity index (χ4v) is 3.56. The van der Waals surface area contributed by atoms with E-state index in [1.807, 2.05) is 65.6 Å². The number of nitrogens with zero attached hydrogens (tertiary/aromatic N) is 1. The van der Waals surface area contributed by atoms with E-state index in [4.69, 9.17) is 4.74 Å². The minimum Gasteiger partial charge on any atom is -0.489 e. The van der Waals surface area contributed by atoms with E-state index in [2.05, 4.69) is 19.1 Å². The molecule has 1 aliphatic heterocycles. The third-order valence-electron chi connectivity index (χ3n) is 5.14. The van der Waals surface area contributed by atoms with Gasteiger partial charge < -0.3 is 9.64 Å².